The number of carbonyl (C=O) groups excluding carboxylic acids is 1. The van der Waals surface area contributed by atoms with Crippen molar-refractivity contribution in [2.45, 2.75) is 18.8 Å². The van der Waals surface area contributed by atoms with Gasteiger partial charge in [-0.25, -0.2) is 4.79 Å². The molecule has 24 heavy (non-hydrogen) atoms. The summed E-state index contributed by atoms with van der Waals surface area (Å²) in [6.45, 7) is 0. The van der Waals surface area contributed by atoms with Gasteiger partial charge in [-0.3, -0.25) is 4.79 Å². The van der Waals surface area contributed by atoms with Crippen molar-refractivity contribution in [2.75, 3.05) is 19.5 Å². The first-order valence-corrected chi connectivity index (χ1v) is 7.30. The summed E-state index contributed by atoms with van der Waals surface area (Å²) in [7, 11) is 2.78. The highest BCUT2D eigenvalue weighted by atomic mass is 16.5. The number of amides is 1. The van der Waals surface area contributed by atoms with E-state index in [9.17, 15) is 14.7 Å². The first-order chi connectivity index (χ1) is 11.5. The Hall–Kier alpha value is -3.03. The second-order valence-electron chi connectivity index (χ2n) is 5.41. The van der Waals surface area contributed by atoms with E-state index in [4.69, 9.17) is 14.0 Å². The number of hydrogen-bond donors (Lipinski definition) is 2. The molecule has 1 aromatic heterocycles. The SMILES string of the molecule is COc1cc(C(=O)O)cc(NC(=O)c2cc(C3CC3)on2)c1OC. The topological polar surface area (TPSA) is 111 Å². The molecule has 2 aromatic rings. The fourth-order valence-corrected chi connectivity index (χ4v) is 2.32. The fraction of sp³-hybridized carbons (Fsp3) is 0.312. The highest BCUT2D eigenvalue weighted by molar-refractivity contribution is 6.05. The summed E-state index contributed by atoms with van der Waals surface area (Å²) < 4.78 is 15.5. The molecule has 3 rings (SSSR count). The van der Waals surface area contributed by atoms with Gasteiger partial charge in [0.15, 0.2) is 17.2 Å². The van der Waals surface area contributed by atoms with E-state index in [-0.39, 0.29) is 28.4 Å². The molecular formula is C16H16N2O6. The van der Waals surface area contributed by atoms with Crippen molar-refractivity contribution in [2.24, 2.45) is 0 Å². The number of ether oxygens (including phenoxy) is 2. The van der Waals surface area contributed by atoms with E-state index < -0.39 is 11.9 Å². The van der Waals surface area contributed by atoms with Crippen LogP contribution in [0.4, 0.5) is 5.69 Å². The maximum Gasteiger partial charge on any atom is 0.335 e. The van der Waals surface area contributed by atoms with Crippen LogP contribution < -0.4 is 14.8 Å². The summed E-state index contributed by atoms with van der Waals surface area (Å²) in [5, 5.41) is 15.5. The largest absolute Gasteiger partial charge is 0.493 e. The van der Waals surface area contributed by atoms with Gasteiger partial charge in [0.25, 0.3) is 5.91 Å². The van der Waals surface area contributed by atoms with Gasteiger partial charge in [-0.15, -0.1) is 0 Å². The molecule has 1 fully saturated rings. The Kier molecular flexibility index (Phi) is 4.11. The van der Waals surface area contributed by atoms with Gasteiger partial charge in [-0.2, -0.15) is 0 Å². The summed E-state index contributed by atoms with van der Waals surface area (Å²) in [6, 6.07) is 4.21. The Labute approximate surface area is 137 Å². The molecule has 0 saturated heterocycles. The predicted molar refractivity (Wildman–Crippen MR) is 82.9 cm³/mol. The summed E-state index contributed by atoms with van der Waals surface area (Å²) in [4.78, 5) is 23.6. The van der Waals surface area contributed by atoms with Gasteiger partial charge < -0.3 is 24.4 Å². The van der Waals surface area contributed by atoms with Crippen LogP contribution in [0.5, 0.6) is 11.5 Å². The van der Waals surface area contributed by atoms with Crippen LogP contribution in [-0.4, -0.2) is 36.4 Å². The zero-order valence-corrected chi connectivity index (χ0v) is 13.2. The summed E-state index contributed by atoms with van der Waals surface area (Å²) in [6.07, 6.45) is 2.06. The zero-order chi connectivity index (χ0) is 17.3. The molecule has 2 N–H and O–H groups in total. The highest BCUT2D eigenvalue weighted by Gasteiger charge is 2.29. The summed E-state index contributed by atoms with van der Waals surface area (Å²) in [5.74, 6) is -0.223. The monoisotopic (exact) mass is 332 g/mol. The van der Waals surface area contributed by atoms with Crippen molar-refractivity contribution >= 4 is 17.6 Å². The van der Waals surface area contributed by atoms with Crippen LogP contribution in [0.15, 0.2) is 22.7 Å². The van der Waals surface area contributed by atoms with E-state index in [2.05, 4.69) is 10.5 Å². The van der Waals surface area contributed by atoms with Crippen LogP contribution in [0.3, 0.4) is 0 Å². The number of benzene rings is 1. The molecule has 8 heteroatoms. The highest BCUT2D eigenvalue weighted by Crippen LogP contribution is 2.40. The van der Waals surface area contributed by atoms with Gasteiger partial charge >= 0.3 is 5.97 Å². The third-order valence-electron chi connectivity index (χ3n) is 3.71. The van der Waals surface area contributed by atoms with Crippen LogP contribution in [0.2, 0.25) is 0 Å². The molecule has 0 unspecified atom stereocenters. The Morgan fingerprint density at radius 2 is 2.00 bits per heavy atom. The average molecular weight is 332 g/mol. The predicted octanol–water partition coefficient (Wildman–Crippen LogP) is 2.52. The first kappa shape index (κ1) is 15.9. The molecule has 0 aliphatic heterocycles. The third-order valence-corrected chi connectivity index (χ3v) is 3.71. The molecule has 1 aliphatic rings. The lowest BCUT2D eigenvalue weighted by Crippen LogP contribution is -2.14. The van der Waals surface area contributed by atoms with Crippen LogP contribution >= 0.6 is 0 Å². The van der Waals surface area contributed by atoms with Crippen molar-refractivity contribution in [3.63, 3.8) is 0 Å². The van der Waals surface area contributed by atoms with E-state index >= 15 is 0 Å². The van der Waals surface area contributed by atoms with Crippen molar-refractivity contribution in [3.8, 4) is 11.5 Å². The fourth-order valence-electron chi connectivity index (χ4n) is 2.32. The molecule has 8 nitrogen and oxygen atoms in total. The van der Waals surface area contributed by atoms with E-state index in [1.54, 1.807) is 6.07 Å². The molecule has 0 bridgehead atoms. The molecular weight excluding hydrogens is 316 g/mol. The smallest absolute Gasteiger partial charge is 0.335 e. The minimum atomic E-state index is -1.15. The average Bonchev–Trinajstić information content (AvgIpc) is 3.30. The minimum absolute atomic E-state index is 0.0400. The van der Waals surface area contributed by atoms with E-state index in [1.165, 1.54) is 26.4 Å². The lowest BCUT2D eigenvalue weighted by Gasteiger charge is -2.14. The molecule has 126 valence electrons. The van der Waals surface area contributed by atoms with Crippen LogP contribution in [-0.2, 0) is 0 Å². The van der Waals surface area contributed by atoms with Crippen molar-refractivity contribution in [1.29, 1.82) is 0 Å². The minimum Gasteiger partial charge on any atom is -0.493 e. The molecule has 1 aromatic carbocycles. The summed E-state index contributed by atoms with van der Waals surface area (Å²) >= 11 is 0. The molecule has 1 heterocycles. The standard InChI is InChI=1S/C16H16N2O6/c1-22-13-6-9(16(20)21)5-10(14(13)23-2)17-15(19)11-7-12(24-18-11)8-3-4-8/h5-8H,3-4H2,1-2H3,(H,17,19)(H,20,21). The number of carboxylic acid groups (broad SMARTS) is 1. The second kappa shape index (κ2) is 6.23. The van der Waals surface area contributed by atoms with E-state index in [0.29, 0.717) is 11.7 Å². The number of methoxy groups -OCH3 is 2. The van der Waals surface area contributed by atoms with Gasteiger partial charge in [0, 0.05) is 12.0 Å². The third kappa shape index (κ3) is 3.03. The van der Waals surface area contributed by atoms with Gasteiger partial charge in [0.05, 0.1) is 25.5 Å². The Morgan fingerprint density at radius 1 is 1.25 bits per heavy atom. The quantitative estimate of drug-likeness (QED) is 0.836. The molecule has 1 amide bonds. The van der Waals surface area contributed by atoms with Crippen LogP contribution in [0.25, 0.3) is 0 Å². The van der Waals surface area contributed by atoms with Gasteiger partial charge in [0.2, 0.25) is 0 Å². The molecule has 0 atom stereocenters. The molecule has 0 spiro atoms. The van der Waals surface area contributed by atoms with Crippen LogP contribution in [0.1, 0.15) is 45.4 Å². The molecule has 0 radical (unpaired) electrons. The number of hydrogen-bond acceptors (Lipinski definition) is 6. The van der Waals surface area contributed by atoms with Gasteiger partial charge in [0.1, 0.15) is 5.76 Å². The van der Waals surface area contributed by atoms with Crippen molar-refractivity contribution in [3.05, 3.63) is 35.2 Å². The number of aromatic carboxylic acids is 1. The number of anilines is 1. The number of nitrogens with one attached hydrogen (secondary N) is 1. The second-order valence-corrected chi connectivity index (χ2v) is 5.41. The first-order valence-electron chi connectivity index (χ1n) is 7.30. The van der Waals surface area contributed by atoms with Crippen molar-refractivity contribution < 1.29 is 28.7 Å². The van der Waals surface area contributed by atoms with Gasteiger partial charge in [-0.05, 0) is 25.0 Å². The van der Waals surface area contributed by atoms with Crippen molar-refractivity contribution in [1.82, 2.24) is 5.16 Å². The maximum absolute atomic E-state index is 12.3. The Balaban J connectivity index is 1.90. The number of carbonyl (C=O) groups is 2. The lowest BCUT2D eigenvalue weighted by molar-refractivity contribution is 0.0696. The normalized spacial score (nSPS) is 13.4. The Bertz CT molecular complexity index is 794. The molecule has 1 saturated carbocycles. The Morgan fingerprint density at radius 3 is 2.58 bits per heavy atom. The number of aromatic nitrogens is 1. The maximum atomic E-state index is 12.3. The zero-order valence-electron chi connectivity index (χ0n) is 13.2. The number of rotatable bonds is 6. The number of carboxylic acids is 1. The molecule has 1 aliphatic carbocycles. The van der Waals surface area contributed by atoms with Gasteiger partial charge in [-0.1, -0.05) is 5.16 Å². The summed E-state index contributed by atoms with van der Waals surface area (Å²) in [5.41, 5.74) is 0.260. The number of nitrogens with zero attached hydrogens (tertiary/aromatic N) is 1. The van der Waals surface area contributed by atoms with Crippen LogP contribution in [0, 0.1) is 0 Å². The lowest BCUT2D eigenvalue weighted by atomic mass is 10.1. The van der Waals surface area contributed by atoms with E-state index in [0.717, 1.165) is 12.8 Å². The van der Waals surface area contributed by atoms with E-state index in [1.807, 2.05) is 0 Å².